The number of hydrogen-bond acceptors (Lipinski definition) is 5. The summed E-state index contributed by atoms with van der Waals surface area (Å²) in [7, 11) is 0. The summed E-state index contributed by atoms with van der Waals surface area (Å²) in [5, 5.41) is 7.71. The van der Waals surface area contributed by atoms with Crippen molar-refractivity contribution >= 4 is 34.8 Å². The van der Waals surface area contributed by atoms with Crippen molar-refractivity contribution in [3.05, 3.63) is 40.0 Å². The van der Waals surface area contributed by atoms with Crippen molar-refractivity contribution < 1.29 is 9.32 Å². The number of rotatable bonds is 9. The van der Waals surface area contributed by atoms with Crippen LogP contribution in [0.15, 0.2) is 22.7 Å². The molecule has 1 aromatic carbocycles. The third-order valence-electron chi connectivity index (χ3n) is 3.45. The van der Waals surface area contributed by atoms with E-state index in [1.165, 1.54) is 0 Å². The number of hydrogen-bond donors (Lipinski definition) is 1. The lowest BCUT2D eigenvalue weighted by Crippen LogP contribution is -2.33. The van der Waals surface area contributed by atoms with E-state index in [0.717, 1.165) is 25.8 Å². The zero-order valence-electron chi connectivity index (χ0n) is 14.4. The van der Waals surface area contributed by atoms with Gasteiger partial charge in [-0.05, 0) is 37.6 Å². The van der Waals surface area contributed by atoms with Gasteiger partial charge in [-0.1, -0.05) is 42.2 Å². The quantitative estimate of drug-likeness (QED) is 0.701. The Balaban J connectivity index is 1.95. The maximum atomic E-state index is 12.3. The number of nitrogens with zero attached hydrogens (tertiary/aromatic N) is 3. The molecule has 6 nitrogen and oxygen atoms in total. The van der Waals surface area contributed by atoms with Gasteiger partial charge in [0.05, 0.1) is 23.8 Å². The van der Waals surface area contributed by atoms with E-state index in [9.17, 15) is 4.79 Å². The Hall–Kier alpha value is -1.63. The molecule has 136 valence electrons. The average Bonchev–Trinajstić information content (AvgIpc) is 2.98. The van der Waals surface area contributed by atoms with Crippen LogP contribution in [0.1, 0.15) is 38.4 Å². The summed E-state index contributed by atoms with van der Waals surface area (Å²) in [5.41, 5.74) is 0.539. The largest absolute Gasteiger partial charge is 0.339 e. The van der Waals surface area contributed by atoms with Gasteiger partial charge in [0, 0.05) is 11.4 Å². The number of amides is 1. The summed E-state index contributed by atoms with van der Waals surface area (Å²) < 4.78 is 5.19. The fourth-order valence-corrected chi connectivity index (χ4v) is 2.84. The number of carbonyl (C=O) groups excluding carboxylic acids is 1. The Morgan fingerprint density at radius 3 is 2.76 bits per heavy atom. The molecule has 0 saturated carbocycles. The Labute approximate surface area is 157 Å². The summed E-state index contributed by atoms with van der Waals surface area (Å²) in [4.78, 5) is 18.6. The average molecular weight is 385 g/mol. The third kappa shape index (κ3) is 6.30. The van der Waals surface area contributed by atoms with Crippen LogP contribution in [-0.2, 0) is 17.8 Å². The first-order valence-corrected chi connectivity index (χ1v) is 9.06. The molecule has 2 rings (SSSR count). The van der Waals surface area contributed by atoms with E-state index < -0.39 is 0 Å². The number of halogens is 2. The van der Waals surface area contributed by atoms with Crippen LogP contribution < -0.4 is 5.32 Å². The summed E-state index contributed by atoms with van der Waals surface area (Å²) in [5.74, 6) is 1.07. The first-order valence-electron chi connectivity index (χ1n) is 8.30. The molecule has 0 radical (unpaired) electrons. The summed E-state index contributed by atoms with van der Waals surface area (Å²) >= 11 is 12.0. The van der Waals surface area contributed by atoms with Gasteiger partial charge in [-0.2, -0.15) is 4.98 Å². The van der Waals surface area contributed by atoms with Gasteiger partial charge in [-0.3, -0.25) is 9.69 Å². The second kappa shape index (κ2) is 9.75. The number of carbonyl (C=O) groups is 1. The molecule has 0 saturated heterocycles. The van der Waals surface area contributed by atoms with Crippen molar-refractivity contribution in [3.63, 3.8) is 0 Å². The van der Waals surface area contributed by atoms with Crippen LogP contribution in [-0.4, -0.2) is 34.0 Å². The number of aromatic nitrogens is 2. The molecule has 0 spiro atoms. The summed E-state index contributed by atoms with van der Waals surface area (Å²) in [6, 6.07) is 4.96. The van der Waals surface area contributed by atoms with E-state index in [2.05, 4.69) is 29.3 Å². The fraction of sp³-hybridized carbons (Fsp3) is 0.471. The zero-order valence-corrected chi connectivity index (χ0v) is 15.9. The Kier molecular flexibility index (Phi) is 7.68. The molecule has 0 bridgehead atoms. The maximum Gasteiger partial charge on any atom is 0.238 e. The number of nitrogens with one attached hydrogen (secondary N) is 1. The van der Waals surface area contributed by atoms with Gasteiger partial charge < -0.3 is 9.84 Å². The minimum absolute atomic E-state index is 0.157. The van der Waals surface area contributed by atoms with Crippen LogP contribution in [0, 0.1) is 0 Å². The Bertz CT molecular complexity index is 706. The van der Waals surface area contributed by atoms with Gasteiger partial charge in [0.2, 0.25) is 11.8 Å². The first kappa shape index (κ1) is 19.7. The van der Waals surface area contributed by atoms with Crippen LogP contribution in [0.3, 0.4) is 0 Å². The highest BCUT2D eigenvalue weighted by atomic mass is 35.5. The van der Waals surface area contributed by atoms with Gasteiger partial charge >= 0.3 is 0 Å². The van der Waals surface area contributed by atoms with Gasteiger partial charge in [0.15, 0.2) is 5.82 Å². The van der Waals surface area contributed by atoms with Crippen molar-refractivity contribution in [1.82, 2.24) is 15.0 Å². The highest BCUT2D eigenvalue weighted by Gasteiger charge is 2.15. The number of benzene rings is 1. The molecule has 1 aromatic heterocycles. The van der Waals surface area contributed by atoms with Gasteiger partial charge in [0.1, 0.15) is 0 Å². The highest BCUT2D eigenvalue weighted by molar-refractivity contribution is 6.36. The van der Waals surface area contributed by atoms with E-state index in [-0.39, 0.29) is 12.5 Å². The lowest BCUT2D eigenvalue weighted by Gasteiger charge is -2.19. The fourth-order valence-electron chi connectivity index (χ4n) is 2.38. The molecule has 0 unspecified atom stereocenters. The molecule has 1 heterocycles. The lowest BCUT2D eigenvalue weighted by molar-refractivity contribution is -0.117. The Morgan fingerprint density at radius 2 is 2.08 bits per heavy atom. The van der Waals surface area contributed by atoms with E-state index in [4.69, 9.17) is 27.7 Å². The Morgan fingerprint density at radius 1 is 1.28 bits per heavy atom. The standard InChI is InChI=1S/C17H22Cl2N4O2/c1-3-5-17-21-15(22-25-17)10-23(8-4-2)11-16(24)20-14-7-6-12(18)9-13(14)19/h6-7,9H,3-5,8,10-11H2,1-2H3,(H,20,24). The smallest absolute Gasteiger partial charge is 0.238 e. The molecule has 0 fully saturated rings. The molecule has 1 amide bonds. The van der Waals surface area contributed by atoms with Crippen LogP contribution in [0.25, 0.3) is 0 Å². The van der Waals surface area contributed by atoms with Gasteiger partial charge in [-0.15, -0.1) is 0 Å². The normalized spacial score (nSPS) is 11.1. The molecule has 1 N–H and O–H groups in total. The molecular weight excluding hydrogens is 363 g/mol. The maximum absolute atomic E-state index is 12.3. The van der Waals surface area contributed by atoms with Crippen LogP contribution in [0.2, 0.25) is 10.0 Å². The van der Waals surface area contributed by atoms with Crippen molar-refractivity contribution in [2.45, 2.75) is 39.7 Å². The predicted molar refractivity (Wildman–Crippen MR) is 99.0 cm³/mol. The van der Waals surface area contributed by atoms with Crippen LogP contribution in [0.5, 0.6) is 0 Å². The second-order valence-electron chi connectivity index (χ2n) is 5.74. The number of aryl methyl sites for hydroxylation is 1. The SMILES string of the molecule is CCCc1nc(CN(CCC)CC(=O)Nc2ccc(Cl)cc2Cl)no1. The number of anilines is 1. The van der Waals surface area contributed by atoms with Crippen molar-refractivity contribution in [1.29, 1.82) is 0 Å². The van der Waals surface area contributed by atoms with E-state index in [1.54, 1.807) is 18.2 Å². The minimum atomic E-state index is -0.157. The van der Waals surface area contributed by atoms with Gasteiger partial charge in [0.25, 0.3) is 0 Å². The highest BCUT2D eigenvalue weighted by Crippen LogP contribution is 2.25. The molecule has 8 heteroatoms. The van der Waals surface area contributed by atoms with E-state index in [1.807, 2.05) is 4.90 Å². The third-order valence-corrected chi connectivity index (χ3v) is 4.00. The summed E-state index contributed by atoms with van der Waals surface area (Å²) in [6.07, 6.45) is 2.62. The molecule has 25 heavy (non-hydrogen) atoms. The van der Waals surface area contributed by atoms with Crippen molar-refractivity contribution in [2.24, 2.45) is 0 Å². The van der Waals surface area contributed by atoms with E-state index >= 15 is 0 Å². The van der Waals surface area contributed by atoms with Crippen LogP contribution >= 0.6 is 23.2 Å². The summed E-state index contributed by atoms with van der Waals surface area (Å²) in [6.45, 7) is 5.53. The monoisotopic (exact) mass is 384 g/mol. The molecule has 2 aromatic rings. The lowest BCUT2D eigenvalue weighted by atomic mass is 10.3. The van der Waals surface area contributed by atoms with Crippen molar-refractivity contribution in [3.8, 4) is 0 Å². The molecule has 0 atom stereocenters. The van der Waals surface area contributed by atoms with Crippen LogP contribution in [0.4, 0.5) is 5.69 Å². The zero-order chi connectivity index (χ0) is 18.2. The first-order chi connectivity index (χ1) is 12.0. The molecule has 0 aliphatic rings. The molecule has 0 aliphatic carbocycles. The second-order valence-corrected chi connectivity index (χ2v) is 6.58. The minimum Gasteiger partial charge on any atom is -0.339 e. The van der Waals surface area contributed by atoms with Crippen molar-refractivity contribution in [2.75, 3.05) is 18.4 Å². The van der Waals surface area contributed by atoms with Gasteiger partial charge in [-0.25, -0.2) is 0 Å². The predicted octanol–water partition coefficient (Wildman–Crippen LogP) is 4.18. The molecule has 0 aliphatic heterocycles. The molecular formula is C17H22Cl2N4O2. The topological polar surface area (TPSA) is 71.3 Å². The van der Waals surface area contributed by atoms with E-state index in [0.29, 0.717) is 34.0 Å².